The third-order valence-electron chi connectivity index (χ3n) is 3.67. The second-order valence-corrected chi connectivity index (χ2v) is 6.04. The second kappa shape index (κ2) is 6.70. The van der Waals surface area contributed by atoms with Crippen molar-refractivity contribution in [1.82, 2.24) is 24.1 Å². The van der Waals surface area contributed by atoms with Crippen molar-refractivity contribution in [3.8, 4) is 0 Å². The van der Waals surface area contributed by atoms with Crippen LogP contribution in [0.2, 0.25) is 10.2 Å². The first kappa shape index (κ1) is 16.6. The number of halogens is 2. The maximum atomic E-state index is 12.1. The molecule has 0 saturated carbocycles. The largest absolute Gasteiger partial charge is 0.351 e. The van der Waals surface area contributed by atoms with Gasteiger partial charge in [-0.2, -0.15) is 0 Å². The van der Waals surface area contributed by atoms with Gasteiger partial charge in [-0.3, -0.25) is 9.20 Å². The molecule has 3 aromatic heterocycles. The Kier molecular flexibility index (Phi) is 4.64. The van der Waals surface area contributed by atoms with Gasteiger partial charge in [0.1, 0.15) is 10.8 Å². The van der Waals surface area contributed by atoms with E-state index < -0.39 is 0 Å². The average Bonchev–Trinajstić information content (AvgIpc) is 3.03. The standard InChI is InChI=1S/C15H15Cl2N5O2/c1-20-11(9-10(16)13(20)17)14(23)18-6-4-8-22-15(24)21-7-3-2-5-12(21)19-22/h2-3,5,7,9H,4,6,8H2,1H3,(H,18,23). The van der Waals surface area contributed by atoms with E-state index in [1.165, 1.54) is 19.7 Å². The van der Waals surface area contributed by atoms with Gasteiger partial charge in [-0.05, 0) is 24.6 Å². The highest BCUT2D eigenvalue weighted by atomic mass is 35.5. The van der Waals surface area contributed by atoms with Gasteiger partial charge in [-0.25, -0.2) is 9.48 Å². The first-order chi connectivity index (χ1) is 11.5. The van der Waals surface area contributed by atoms with Crippen LogP contribution in [0.15, 0.2) is 35.3 Å². The van der Waals surface area contributed by atoms with E-state index in [1.54, 1.807) is 25.4 Å². The number of amides is 1. The third kappa shape index (κ3) is 3.05. The summed E-state index contributed by atoms with van der Waals surface area (Å²) in [5, 5.41) is 7.66. The van der Waals surface area contributed by atoms with Gasteiger partial charge in [0.25, 0.3) is 5.91 Å². The van der Waals surface area contributed by atoms with E-state index in [0.29, 0.717) is 41.0 Å². The molecule has 0 fully saturated rings. The van der Waals surface area contributed by atoms with Crippen LogP contribution in [-0.4, -0.2) is 31.2 Å². The van der Waals surface area contributed by atoms with Crippen molar-refractivity contribution in [2.75, 3.05) is 6.54 Å². The number of aryl methyl sites for hydroxylation is 1. The Morgan fingerprint density at radius 1 is 1.33 bits per heavy atom. The van der Waals surface area contributed by atoms with Gasteiger partial charge in [0.05, 0.1) is 5.02 Å². The van der Waals surface area contributed by atoms with Crippen LogP contribution in [0, 0.1) is 0 Å². The molecule has 0 aliphatic carbocycles. The van der Waals surface area contributed by atoms with Crippen molar-refractivity contribution < 1.29 is 4.79 Å². The number of hydrogen-bond donors (Lipinski definition) is 1. The maximum Gasteiger partial charge on any atom is 0.350 e. The van der Waals surface area contributed by atoms with E-state index in [1.807, 2.05) is 6.07 Å². The molecule has 126 valence electrons. The number of nitrogens with one attached hydrogen (secondary N) is 1. The summed E-state index contributed by atoms with van der Waals surface area (Å²) >= 11 is 11.8. The molecule has 3 heterocycles. The third-order valence-corrected chi connectivity index (χ3v) is 4.51. The van der Waals surface area contributed by atoms with Crippen LogP contribution < -0.4 is 11.0 Å². The van der Waals surface area contributed by atoms with E-state index in [-0.39, 0.29) is 11.6 Å². The highest BCUT2D eigenvalue weighted by Gasteiger charge is 2.15. The molecule has 1 amide bonds. The molecule has 0 radical (unpaired) electrons. The van der Waals surface area contributed by atoms with Crippen LogP contribution in [0.5, 0.6) is 0 Å². The fraction of sp³-hybridized carbons (Fsp3) is 0.267. The fourth-order valence-corrected chi connectivity index (χ4v) is 2.77. The summed E-state index contributed by atoms with van der Waals surface area (Å²) in [7, 11) is 1.67. The minimum absolute atomic E-state index is 0.196. The molecule has 7 nitrogen and oxygen atoms in total. The Hall–Kier alpha value is -2.25. The molecule has 0 aliphatic rings. The Morgan fingerprint density at radius 2 is 2.12 bits per heavy atom. The van der Waals surface area contributed by atoms with Crippen LogP contribution in [0.25, 0.3) is 5.65 Å². The molecule has 0 unspecified atom stereocenters. The van der Waals surface area contributed by atoms with Gasteiger partial charge >= 0.3 is 5.69 Å². The number of pyridine rings is 1. The van der Waals surface area contributed by atoms with Crippen molar-refractivity contribution in [3.63, 3.8) is 0 Å². The molecule has 9 heteroatoms. The van der Waals surface area contributed by atoms with Crippen molar-refractivity contribution >= 4 is 34.8 Å². The predicted molar refractivity (Wildman–Crippen MR) is 91.8 cm³/mol. The lowest BCUT2D eigenvalue weighted by molar-refractivity contribution is 0.0944. The SMILES string of the molecule is Cn1c(C(=O)NCCCn2nc3ccccn3c2=O)cc(Cl)c1Cl. The maximum absolute atomic E-state index is 12.1. The van der Waals surface area contributed by atoms with E-state index in [9.17, 15) is 9.59 Å². The van der Waals surface area contributed by atoms with E-state index in [0.717, 1.165) is 0 Å². The molecular formula is C15H15Cl2N5O2. The monoisotopic (exact) mass is 367 g/mol. The number of hydrogen-bond acceptors (Lipinski definition) is 3. The van der Waals surface area contributed by atoms with Crippen LogP contribution in [0.4, 0.5) is 0 Å². The minimum atomic E-state index is -0.270. The van der Waals surface area contributed by atoms with E-state index >= 15 is 0 Å². The summed E-state index contributed by atoms with van der Waals surface area (Å²) in [6.45, 7) is 0.814. The van der Waals surface area contributed by atoms with Gasteiger partial charge in [0.2, 0.25) is 0 Å². The zero-order chi connectivity index (χ0) is 17.3. The Labute approximate surface area is 147 Å². The normalized spacial score (nSPS) is 11.1. The Balaban J connectivity index is 1.58. The van der Waals surface area contributed by atoms with Gasteiger partial charge in [0, 0.05) is 26.3 Å². The molecule has 0 aliphatic heterocycles. The smallest absolute Gasteiger partial charge is 0.350 e. The molecule has 0 spiro atoms. The lowest BCUT2D eigenvalue weighted by atomic mass is 10.3. The number of aromatic nitrogens is 4. The highest BCUT2D eigenvalue weighted by molar-refractivity contribution is 6.41. The Bertz CT molecular complexity index is 957. The molecule has 1 N–H and O–H groups in total. The zero-order valence-electron chi connectivity index (χ0n) is 12.9. The summed E-state index contributed by atoms with van der Waals surface area (Å²) in [4.78, 5) is 24.2. The number of nitrogens with zero attached hydrogens (tertiary/aromatic N) is 4. The lowest BCUT2D eigenvalue weighted by Gasteiger charge is -2.06. The zero-order valence-corrected chi connectivity index (χ0v) is 14.4. The summed E-state index contributed by atoms with van der Waals surface area (Å²) in [5.74, 6) is -0.270. The average molecular weight is 368 g/mol. The van der Waals surface area contributed by atoms with Crippen LogP contribution in [-0.2, 0) is 13.6 Å². The molecule has 3 rings (SSSR count). The predicted octanol–water partition coefficient (Wildman–Crippen LogP) is 1.96. The van der Waals surface area contributed by atoms with E-state index in [2.05, 4.69) is 10.4 Å². The van der Waals surface area contributed by atoms with Crippen LogP contribution in [0.1, 0.15) is 16.9 Å². The lowest BCUT2D eigenvalue weighted by Crippen LogP contribution is -2.28. The van der Waals surface area contributed by atoms with Gasteiger partial charge < -0.3 is 9.88 Å². The summed E-state index contributed by atoms with van der Waals surface area (Å²) in [6, 6.07) is 6.88. The summed E-state index contributed by atoms with van der Waals surface area (Å²) < 4.78 is 4.39. The molecule has 0 aromatic carbocycles. The van der Waals surface area contributed by atoms with Gasteiger partial charge in [-0.1, -0.05) is 29.3 Å². The van der Waals surface area contributed by atoms with Crippen molar-refractivity contribution in [2.24, 2.45) is 7.05 Å². The quantitative estimate of drug-likeness (QED) is 0.700. The number of rotatable bonds is 5. The molecule has 24 heavy (non-hydrogen) atoms. The highest BCUT2D eigenvalue weighted by Crippen LogP contribution is 2.24. The van der Waals surface area contributed by atoms with Gasteiger partial charge in [-0.15, -0.1) is 5.10 Å². The first-order valence-corrected chi connectivity index (χ1v) is 8.08. The first-order valence-electron chi connectivity index (χ1n) is 7.32. The fourth-order valence-electron chi connectivity index (χ4n) is 2.40. The second-order valence-electron chi connectivity index (χ2n) is 5.27. The van der Waals surface area contributed by atoms with Crippen molar-refractivity contribution in [1.29, 1.82) is 0 Å². The van der Waals surface area contributed by atoms with Crippen LogP contribution in [0.3, 0.4) is 0 Å². The molecule has 0 bridgehead atoms. The number of carbonyl (C=O) groups excluding carboxylic acids is 1. The van der Waals surface area contributed by atoms with Gasteiger partial charge in [0.15, 0.2) is 5.65 Å². The summed E-state index contributed by atoms with van der Waals surface area (Å²) in [5.41, 5.74) is 0.785. The topological polar surface area (TPSA) is 73.3 Å². The van der Waals surface area contributed by atoms with Crippen molar-refractivity contribution in [3.05, 3.63) is 56.8 Å². The molecule has 0 atom stereocenters. The van der Waals surface area contributed by atoms with Crippen LogP contribution >= 0.6 is 23.2 Å². The number of carbonyl (C=O) groups is 1. The number of fused-ring (bicyclic) bond motifs is 1. The molecule has 0 saturated heterocycles. The van der Waals surface area contributed by atoms with Crippen molar-refractivity contribution in [2.45, 2.75) is 13.0 Å². The van der Waals surface area contributed by atoms with E-state index in [4.69, 9.17) is 23.2 Å². The Morgan fingerprint density at radius 3 is 2.79 bits per heavy atom. The summed E-state index contributed by atoms with van der Waals surface area (Å²) in [6.07, 6.45) is 2.24. The molecular weight excluding hydrogens is 353 g/mol. The minimum Gasteiger partial charge on any atom is -0.351 e. The molecule has 3 aromatic rings.